The largest absolute Gasteiger partial charge is 0.494 e. The van der Waals surface area contributed by atoms with Crippen LogP contribution in [0.2, 0.25) is 0 Å². The molecule has 0 unspecified atom stereocenters. The third-order valence-electron chi connectivity index (χ3n) is 3.43. The Morgan fingerprint density at radius 2 is 2.00 bits per heavy atom. The van der Waals surface area contributed by atoms with Gasteiger partial charge < -0.3 is 15.0 Å². The number of rotatable bonds is 7. The molecule has 2 rings (SSSR count). The van der Waals surface area contributed by atoms with Crippen molar-refractivity contribution in [1.82, 2.24) is 0 Å². The average molecular weight is 319 g/mol. The maximum Gasteiger partial charge on any atom is 0.295 e. The molecule has 0 fully saturated rings. The molecule has 0 aliphatic rings. The van der Waals surface area contributed by atoms with E-state index in [1.165, 1.54) is 13.2 Å². The van der Waals surface area contributed by atoms with E-state index < -0.39 is 10.7 Å². The van der Waals surface area contributed by atoms with Gasteiger partial charge in [0.15, 0.2) is 11.6 Å². The van der Waals surface area contributed by atoms with Crippen LogP contribution in [0.15, 0.2) is 42.5 Å². The van der Waals surface area contributed by atoms with Gasteiger partial charge in [-0.1, -0.05) is 18.2 Å². The fraction of sp³-hybridized carbons (Fsp3) is 0.250. The predicted molar refractivity (Wildman–Crippen MR) is 87.8 cm³/mol. The van der Waals surface area contributed by atoms with Crippen molar-refractivity contribution in [2.75, 3.05) is 37.5 Å². The van der Waals surface area contributed by atoms with E-state index in [0.29, 0.717) is 13.1 Å². The van der Waals surface area contributed by atoms with Crippen molar-refractivity contribution in [3.63, 3.8) is 0 Å². The normalized spacial score (nSPS) is 10.2. The van der Waals surface area contributed by atoms with Gasteiger partial charge in [0.25, 0.3) is 5.69 Å². The summed E-state index contributed by atoms with van der Waals surface area (Å²) in [5.74, 6) is -0.791. The summed E-state index contributed by atoms with van der Waals surface area (Å²) in [6.07, 6.45) is 0. The Kier molecular flexibility index (Phi) is 5.35. The zero-order chi connectivity index (χ0) is 16.8. The van der Waals surface area contributed by atoms with Gasteiger partial charge in [0.1, 0.15) is 5.69 Å². The maximum absolute atomic E-state index is 13.6. The monoisotopic (exact) mass is 319 g/mol. The van der Waals surface area contributed by atoms with Crippen molar-refractivity contribution in [3.05, 3.63) is 58.4 Å². The van der Waals surface area contributed by atoms with Crippen LogP contribution in [0.1, 0.15) is 0 Å². The number of para-hydroxylation sites is 1. The minimum atomic E-state index is -0.758. The van der Waals surface area contributed by atoms with Crippen molar-refractivity contribution in [3.8, 4) is 5.75 Å². The first-order valence-corrected chi connectivity index (χ1v) is 7.05. The number of halogens is 1. The number of methoxy groups -OCH3 is 1. The van der Waals surface area contributed by atoms with Crippen LogP contribution >= 0.6 is 0 Å². The Labute approximate surface area is 133 Å². The highest BCUT2D eigenvalue weighted by Gasteiger charge is 2.18. The van der Waals surface area contributed by atoms with Crippen LogP contribution in [0.5, 0.6) is 5.75 Å². The number of nitro groups is 1. The summed E-state index contributed by atoms with van der Waals surface area (Å²) in [4.78, 5) is 12.4. The maximum atomic E-state index is 13.6. The van der Waals surface area contributed by atoms with E-state index in [0.717, 1.165) is 11.8 Å². The van der Waals surface area contributed by atoms with Crippen molar-refractivity contribution < 1.29 is 14.1 Å². The molecule has 0 saturated heterocycles. The van der Waals surface area contributed by atoms with E-state index in [1.54, 1.807) is 0 Å². The molecule has 23 heavy (non-hydrogen) atoms. The van der Waals surface area contributed by atoms with Crippen LogP contribution in [0.3, 0.4) is 0 Å². The lowest BCUT2D eigenvalue weighted by Crippen LogP contribution is -2.24. The molecular weight excluding hydrogens is 301 g/mol. The molecule has 6 nitrogen and oxygen atoms in total. The fourth-order valence-electron chi connectivity index (χ4n) is 2.16. The molecule has 0 aromatic heterocycles. The van der Waals surface area contributed by atoms with Crippen LogP contribution in [-0.4, -0.2) is 32.2 Å². The molecule has 2 aromatic rings. The quantitative estimate of drug-likeness (QED) is 0.626. The van der Waals surface area contributed by atoms with Crippen LogP contribution in [0, 0.1) is 15.9 Å². The third kappa shape index (κ3) is 4.09. The number of nitrogens with one attached hydrogen (secondary N) is 1. The van der Waals surface area contributed by atoms with E-state index in [4.69, 9.17) is 4.74 Å². The Morgan fingerprint density at radius 1 is 1.30 bits per heavy atom. The molecule has 2 aromatic carbocycles. The van der Waals surface area contributed by atoms with Gasteiger partial charge in [0.2, 0.25) is 0 Å². The van der Waals surface area contributed by atoms with Crippen molar-refractivity contribution in [2.45, 2.75) is 0 Å². The van der Waals surface area contributed by atoms with Crippen molar-refractivity contribution in [1.29, 1.82) is 0 Å². The Bertz CT molecular complexity index is 680. The number of hydrogen-bond acceptors (Lipinski definition) is 5. The minimum absolute atomic E-state index is 0.0329. The molecule has 0 saturated carbocycles. The molecule has 0 bridgehead atoms. The molecule has 0 spiro atoms. The van der Waals surface area contributed by atoms with Gasteiger partial charge in [-0.3, -0.25) is 10.1 Å². The fourth-order valence-corrected chi connectivity index (χ4v) is 2.16. The number of ether oxygens (including phenoxy) is 1. The second kappa shape index (κ2) is 7.44. The number of hydrogen-bond donors (Lipinski definition) is 1. The highest BCUT2D eigenvalue weighted by Crippen LogP contribution is 2.31. The summed E-state index contributed by atoms with van der Waals surface area (Å²) in [5.41, 5.74) is 0.959. The highest BCUT2D eigenvalue weighted by molar-refractivity contribution is 5.64. The number of benzene rings is 2. The molecule has 1 N–H and O–H groups in total. The van der Waals surface area contributed by atoms with Crippen LogP contribution < -0.4 is 15.0 Å². The summed E-state index contributed by atoms with van der Waals surface area (Å²) in [7, 11) is 3.24. The lowest BCUT2D eigenvalue weighted by atomic mass is 10.2. The van der Waals surface area contributed by atoms with Crippen LogP contribution in [0.4, 0.5) is 21.5 Å². The number of nitro benzene ring substituents is 1. The Morgan fingerprint density at radius 3 is 2.61 bits per heavy atom. The second-order valence-corrected chi connectivity index (χ2v) is 4.94. The van der Waals surface area contributed by atoms with E-state index in [2.05, 4.69) is 5.32 Å². The first-order chi connectivity index (χ1) is 11.0. The molecular formula is C16H18FN3O3. The van der Waals surface area contributed by atoms with Crippen LogP contribution in [0.25, 0.3) is 0 Å². The number of likely N-dealkylation sites (N-methyl/N-ethyl adjacent to an activating group) is 1. The summed E-state index contributed by atoms with van der Waals surface area (Å²) in [6.45, 7) is 1.09. The third-order valence-corrected chi connectivity index (χ3v) is 3.43. The molecule has 7 heteroatoms. The summed E-state index contributed by atoms with van der Waals surface area (Å²) >= 11 is 0. The second-order valence-electron chi connectivity index (χ2n) is 4.94. The minimum Gasteiger partial charge on any atom is -0.494 e. The van der Waals surface area contributed by atoms with Gasteiger partial charge in [0.05, 0.1) is 18.1 Å². The molecule has 0 radical (unpaired) electrons. The van der Waals surface area contributed by atoms with Crippen molar-refractivity contribution in [2.24, 2.45) is 0 Å². The van der Waals surface area contributed by atoms with Gasteiger partial charge in [-0.25, -0.2) is 4.39 Å². The smallest absolute Gasteiger partial charge is 0.295 e. The predicted octanol–water partition coefficient (Wildman–Crippen LogP) is 3.29. The first-order valence-electron chi connectivity index (χ1n) is 7.05. The lowest BCUT2D eigenvalue weighted by molar-refractivity contribution is -0.384. The number of nitrogens with zero attached hydrogens (tertiary/aromatic N) is 2. The van der Waals surface area contributed by atoms with Gasteiger partial charge in [-0.05, 0) is 12.1 Å². The summed E-state index contributed by atoms with van der Waals surface area (Å²) in [5, 5.41) is 14.0. The standard InChI is InChI=1S/C16H18FN3O3/c1-19(12-6-4-3-5-7-12)9-8-18-14-11-16(23-2)13(17)10-15(14)20(21)22/h3-7,10-11,18H,8-9H2,1-2H3. The highest BCUT2D eigenvalue weighted by atomic mass is 19.1. The summed E-state index contributed by atoms with van der Waals surface area (Å²) in [6, 6.07) is 11.9. The topological polar surface area (TPSA) is 67.6 Å². The zero-order valence-electron chi connectivity index (χ0n) is 13.0. The zero-order valence-corrected chi connectivity index (χ0v) is 13.0. The lowest BCUT2D eigenvalue weighted by Gasteiger charge is -2.19. The van der Waals surface area contributed by atoms with E-state index in [9.17, 15) is 14.5 Å². The van der Waals surface area contributed by atoms with E-state index in [1.807, 2.05) is 42.3 Å². The van der Waals surface area contributed by atoms with Crippen molar-refractivity contribution >= 4 is 17.1 Å². The molecule has 0 amide bonds. The Hall–Kier alpha value is -2.83. The van der Waals surface area contributed by atoms with Crippen LogP contribution in [-0.2, 0) is 0 Å². The first kappa shape index (κ1) is 16.5. The molecule has 0 aliphatic carbocycles. The van der Waals surface area contributed by atoms with E-state index in [-0.39, 0.29) is 17.1 Å². The van der Waals surface area contributed by atoms with Gasteiger partial charge in [0, 0.05) is 31.9 Å². The SMILES string of the molecule is COc1cc(NCCN(C)c2ccccc2)c([N+](=O)[O-])cc1F. The molecule has 122 valence electrons. The van der Waals surface area contributed by atoms with Gasteiger partial charge >= 0.3 is 0 Å². The van der Waals surface area contributed by atoms with E-state index >= 15 is 0 Å². The molecule has 0 aliphatic heterocycles. The van der Waals surface area contributed by atoms with Gasteiger partial charge in [-0.2, -0.15) is 0 Å². The molecule has 0 atom stereocenters. The Balaban J connectivity index is 2.06. The number of anilines is 2. The summed E-state index contributed by atoms with van der Waals surface area (Å²) < 4.78 is 18.5. The average Bonchev–Trinajstić information content (AvgIpc) is 2.56. The molecule has 0 heterocycles. The van der Waals surface area contributed by atoms with Gasteiger partial charge in [-0.15, -0.1) is 0 Å².